The van der Waals surface area contributed by atoms with Crippen molar-refractivity contribution in [2.75, 3.05) is 20.8 Å². The number of rotatable bonds is 10. The average Bonchev–Trinajstić information content (AvgIpc) is 2.76. The third-order valence-corrected chi connectivity index (χ3v) is 4.84. The van der Waals surface area contributed by atoms with Crippen LogP contribution in [-0.2, 0) is 19.6 Å². The molecule has 0 aromatic heterocycles. The molecular weight excluding hydrogens is 421 g/mol. The van der Waals surface area contributed by atoms with Gasteiger partial charge in [0.15, 0.2) is 11.5 Å². The number of benzene rings is 3. The lowest BCUT2D eigenvalue weighted by Crippen LogP contribution is -2.16. The van der Waals surface area contributed by atoms with E-state index >= 15 is 0 Å². The first kappa shape index (κ1) is 23.9. The first-order valence-electron chi connectivity index (χ1n) is 9.56. The van der Waals surface area contributed by atoms with E-state index in [0.29, 0.717) is 6.61 Å². The van der Waals surface area contributed by atoms with E-state index in [9.17, 15) is 0 Å². The van der Waals surface area contributed by atoms with E-state index in [1.54, 1.807) is 14.2 Å². The van der Waals surface area contributed by atoms with Crippen molar-refractivity contribution in [3.63, 3.8) is 0 Å². The van der Waals surface area contributed by atoms with Gasteiger partial charge in [0.25, 0.3) is 0 Å². The van der Waals surface area contributed by atoms with Crippen molar-refractivity contribution in [3.05, 3.63) is 88.4 Å². The van der Waals surface area contributed by atoms with Gasteiger partial charge in [-0.05, 0) is 66.1 Å². The quantitative estimate of drug-likeness (QED) is 0.405. The van der Waals surface area contributed by atoms with E-state index < -0.39 is 0 Å². The van der Waals surface area contributed by atoms with E-state index in [2.05, 4.69) is 23.5 Å². The fraction of sp³-hybridized carbons (Fsp3) is 0.250. The van der Waals surface area contributed by atoms with Crippen molar-refractivity contribution >= 4 is 24.0 Å². The van der Waals surface area contributed by atoms with Crippen LogP contribution in [0, 0.1) is 0 Å². The van der Waals surface area contributed by atoms with Crippen molar-refractivity contribution in [1.82, 2.24) is 5.32 Å². The van der Waals surface area contributed by atoms with Crippen LogP contribution >= 0.6 is 24.0 Å². The van der Waals surface area contributed by atoms with Gasteiger partial charge >= 0.3 is 0 Å². The topological polar surface area (TPSA) is 39.7 Å². The highest BCUT2D eigenvalue weighted by atomic mass is 35.5. The number of methoxy groups -OCH3 is 2. The maximum absolute atomic E-state index is 5.92. The van der Waals surface area contributed by atoms with Gasteiger partial charge in [-0.3, -0.25) is 0 Å². The maximum Gasteiger partial charge on any atom is 0.160 e. The fourth-order valence-corrected chi connectivity index (χ4v) is 3.12. The molecule has 0 aliphatic heterocycles. The van der Waals surface area contributed by atoms with E-state index in [1.807, 2.05) is 48.5 Å². The van der Waals surface area contributed by atoms with Gasteiger partial charge in [-0.15, -0.1) is 12.4 Å². The Labute approximate surface area is 189 Å². The summed E-state index contributed by atoms with van der Waals surface area (Å²) >= 11 is 5.92. The molecule has 160 valence electrons. The van der Waals surface area contributed by atoms with Gasteiger partial charge < -0.3 is 19.5 Å². The molecule has 0 fully saturated rings. The summed E-state index contributed by atoms with van der Waals surface area (Å²) in [5, 5.41) is 4.21. The first-order valence-corrected chi connectivity index (χ1v) is 9.93. The molecule has 0 spiro atoms. The molecule has 3 aromatic carbocycles. The highest BCUT2D eigenvalue weighted by Gasteiger charge is 2.04. The van der Waals surface area contributed by atoms with Crippen molar-refractivity contribution in [2.24, 2.45) is 0 Å². The number of halogens is 2. The maximum atomic E-state index is 5.92. The molecule has 0 aliphatic rings. The fourth-order valence-electron chi connectivity index (χ4n) is 2.99. The lowest BCUT2D eigenvalue weighted by atomic mass is 10.1. The van der Waals surface area contributed by atoms with Crippen molar-refractivity contribution in [3.8, 4) is 17.2 Å². The largest absolute Gasteiger partial charge is 0.493 e. The van der Waals surface area contributed by atoms with Crippen molar-refractivity contribution in [1.29, 1.82) is 0 Å². The molecule has 6 heteroatoms. The van der Waals surface area contributed by atoms with Gasteiger partial charge in [-0.25, -0.2) is 0 Å². The van der Waals surface area contributed by atoms with Gasteiger partial charge in [0, 0.05) is 11.6 Å². The zero-order valence-electron chi connectivity index (χ0n) is 17.2. The second kappa shape index (κ2) is 12.3. The van der Waals surface area contributed by atoms with Crippen LogP contribution in [0.5, 0.6) is 17.2 Å². The van der Waals surface area contributed by atoms with Crippen LogP contribution in [0.1, 0.15) is 16.7 Å². The number of nitrogens with one attached hydrogen (secondary N) is 1. The zero-order valence-corrected chi connectivity index (χ0v) is 18.8. The molecule has 0 unspecified atom stereocenters. The predicted molar refractivity (Wildman–Crippen MR) is 124 cm³/mol. The minimum atomic E-state index is 0. The zero-order chi connectivity index (χ0) is 20.5. The van der Waals surface area contributed by atoms with Crippen LogP contribution in [0.2, 0.25) is 5.02 Å². The highest BCUT2D eigenvalue weighted by Crippen LogP contribution is 2.27. The highest BCUT2D eigenvalue weighted by molar-refractivity contribution is 6.30. The summed E-state index contributed by atoms with van der Waals surface area (Å²) in [5.41, 5.74) is 3.48. The molecule has 3 rings (SSSR count). The van der Waals surface area contributed by atoms with Crippen LogP contribution in [0.15, 0.2) is 66.7 Å². The van der Waals surface area contributed by atoms with Crippen LogP contribution in [0.3, 0.4) is 0 Å². The van der Waals surface area contributed by atoms with Crippen LogP contribution in [0.4, 0.5) is 0 Å². The standard InChI is InChI=1S/C24H26ClNO3.ClH/c1-27-23-11-8-18(15-24(23)28-2)12-13-26-16-20-4-3-5-22(14-20)29-17-19-6-9-21(25)10-7-19;/h3-11,14-15,26H,12-13,16-17H2,1-2H3;1H. The van der Waals surface area contributed by atoms with Crippen LogP contribution < -0.4 is 19.5 Å². The monoisotopic (exact) mass is 447 g/mol. The Morgan fingerprint density at radius 1 is 0.800 bits per heavy atom. The molecule has 1 N–H and O–H groups in total. The predicted octanol–water partition coefficient (Wildman–Crippen LogP) is 5.69. The molecule has 4 nitrogen and oxygen atoms in total. The van der Waals surface area contributed by atoms with Gasteiger partial charge in [0.2, 0.25) is 0 Å². The molecule has 30 heavy (non-hydrogen) atoms. The summed E-state index contributed by atoms with van der Waals surface area (Å²) in [4.78, 5) is 0. The third-order valence-electron chi connectivity index (χ3n) is 4.58. The number of ether oxygens (including phenoxy) is 3. The molecule has 0 heterocycles. The van der Waals surface area contributed by atoms with Gasteiger partial charge in [0.1, 0.15) is 12.4 Å². The smallest absolute Gasteiger partial charge is 0.160 e. The summed E-state index contributed by atoms with van der Waals surface area (Å²) in [6, 6.07) is 21.9. The summed E-state index contributed by atoms with van der Waals surface area (Å²) < 4.78 is 16.5. The van der Waals surface area contributed by atoms with Gasteiger partial charge in [-0.2, -0.15) is 0 Å². The number of hydrogen-bond acceptors (Lipinski definition) is 4. The van der Waals surface area contributed by atoms with Crippen LogP contribution in [0.25, 0.3) is 0 Å². The Morgan fingerprint density at radius 2 is 1.53 bits per heavy atom. The molecule has 0 radical (unpaired) electrons. The van der Waals surface area contributed by atoms with Crippen molar-refractivity contribution in [2.45, 2.75) is 19.6 Å². The molecule has 0 bridgehead atoms. The summed E-state index contributed by atoms with van der Waals surface area (Å²) in [6.45, 7) is 2.17. The third kappa shape index (κ3) is 7.13. The lowest BCUT2D eigenvalue weighted by molar-refractivity contribution is 0.306. The molecule has 0 saturated heterocycles. The second-order valence-electron chi connectivity index (χ2n) is 6.68. The first-order chi connectivity index (χ1) is 14.2. The summed E-state index contributed by atoms with van der Waals surface area (Å²) in [5.74, 6) is 2.37. The van der Waals surface area contributed by atoms with E-state index in [1.165, 1.54) is 11.1 Å². The summed E-state index contributed by atoms with van der Waals surface area (Å²) in [7, 11) is 3.30. The van der Waals surface area contributed by atoms with E-state index in [-0.39, 0.29) is 12.4 Å². The molecule has 0 amide bonds. The minimum Gasteiger partial charge on any atom is -0.493 e. The Balaban J connectivity index is 0.00000320. The lowest BCUT2D eigenvalue weighted by Gasteiger charge is -2.11. The molecule has 0 atom stereocenters. The average molecular weight is 448 g/mol. The molecule has 0 aliphatic carbocycles. The SMILES string of the molecule is COc1ccc(CCNCc2cccc(OCc3ccc(Cl)cc3)c2)cc1OC.Cl. The molecule has 0 saturated carbocycles. The molecular formula is C24H27Cl2NO3. The van der Waals surface area contributed by atoms with Gasteiger partial charge in [0.05, 0.1) is 14.2 Å². The van der Waals surface area contributed by atoms with Gasteiger partial charge in [-0.1, -0.05) is 41.9 Å². The van der Waals surface area contributed by atoms with Crippen molar-refractivity contribution < 1.29 is 14.2 Å². The Kier molecular flexibility index (Phi) is 9.81. The Morgan fingerprint density at radius 3 is 2.27 bits per heavy atom. The molecule has 3 aromatic rings. The second-order valence-corrected chi connectivity index (χ2v) is 7.12. The van der Waals surface area contributed by atoms with Crippen LogP contribution in [-0.4, -0.2) is 20.8 Å². The Bertz CT molecular complexity index is 917. The number of hydrogen-bond donors (Lipinski definition) is 1. The normalized spacial score (nSPS) is 10.2. The Hall–Kier alpha value is -2.40. The van der Waals surface area contributed by atoms with E-state index in [0.717, 1.165) is 47.3 Å². The van der Waals surface area contributed by atoms with E-state index in [4.69, 9.17) is 25.8 Å². The minimum absolute atomic E-state index is 0. The summed E-state index contributed by atoms with van der Waals surface area (Å²) in [6.07, 6.45) is 0.910.